The third kappa shape index (κ3) is 5.04. The molecule has 1 N–H and O–H groups in total. The zero-order valence-corrected chi connectivity index (χ0v) is 18.1. The monoisotopic (exact) mass is 426 g/mol. The molecule has 1 unspecified atom stereocenters. The van der Waals surface area contributed by atoms with Crippen LogP contribution in [0, 0.1) is 0 Å². The minimum absolute atomic E-state index is 0.0103. The highest BCUT2D eigenvalue weighted by Gasteiger charge is 2.38. The van der Waals surface area contributed by atoms with E-state index in [0.717, 1.165) is 42.5 Å². The Balaban J connectivity index is 1.42. The first-order valence-corrected chi connectivity index (χ1v) is 12.7. The van der Waals surface area contributed by atoms with E-state index in [0.29, 0.717) is 6.42 Å². The predicted molar refractivity (Wildman–Crippen MR) is 121 cm³/mol. The number of carbonyl (C=O) groups is 1. The molecule has 2 aromatic carbocycles. The molecule has 2 aromatic rings. The minimum atomic E-state index is -3.03. The molecular weight excluding hydrogens is 396 g/mol. The van der Waals surface area contributed by atoms with Gasteiger partial charge in [-0.15, -0.1) is 0 Å². The highest BCUT2D eigenvalue weighted by molar-refractivity contribution is 7.91. The lowest BCUT2D eigenvalue weighted by Crippen LogP contribution is -2.50. The van der Waals surface area contributed by atoms with E-state index in [1.165, 1.54) is 6.42 Å². The Bertz CT molecular complexity index is 952. The number of amides is 1. The summed E-state index contributed by atoms with van der Waals surface area (Å²) in [6, 6.07) is 18.2. The molecule has 1 heterocycles. The van der Waals surface area contributed by atoms with Crippen molar-refractivity contribution in [2.75, 3.05) is 23.4 Å². The molecule has 1 aliphatic carbocycles. The number of nitrogens with zero attached hydrogens (tertiary/aromatic N) is 1. The molecule has 4 rings (SSSR count). The van der Waals surface area contributed by atoms with Crippen molar-refractivity contribution in [3.63, 3.8) is 0 Å². The van der Waals surface area contributed by atoms with E-state index in [9.17, 15) is 13.2 Å². The van der Waals surface area contributed by atoms with E-state index in [2.05, 4.69) is 17.4 Å². The van der Waals surface area contributed by atoms with E-state index in [1.54, 1.807) is 0 Å². The van der Waals surface area contributed by atoms with Gasteiger partial charge in [0.2, 0.25) is 5.91 Å². The van der Waals surface area contributed by atoms with Crippen LogP contribution in [-0.4, -0.2) is 49.4 Å². The van der Waals surface area contributed by atoms with Crippen LogP contribution in [0.5, 0.6) is 0 Å². The molecule has 0 bridgehead atoms. The van der Waals surface area contributed by atoms with Crippen molar-refractivity contribution < 1.29 is 13.2 Å². The summed E-state index contributed by atoms with van der Waals surface area (Å²) < 4.78 is 24.1. The maximum atomic E-state index is 13.2. The molecule has 0 spiro atoms. The summed E-state index contributed by atoms with van der Waals surface area (Å²) in [6.45, 7) is 0.192. The van der Waals surface area contributed by atoms with E-state index < -0.39 is 9.84 Å². The molecular formula is C24H30N2O3S. The molecule has 1 aliphatic heterocycles. The van der Waals surface area contributed by atoms with Gasteiger partial charge in [0.25, 0.3) is 0 Å². The van der Waals surface area contributed by atoms with Crippen LogP contribution in [0.4, 0.5) is 5.69 Å². The Kier molecular flexibility index (Phi) is 6.42. The van der Waals surface area contributed by atoms with Gasteiger partial charge in [0, 0.05) is 17.8 Å². The average molecular weight is 427 g/mol. The second-order valence-corrected chi connectivity index (χ2v) is 10.7. The van der Waals surface area contributed by atoms with Crippen molar-refractivity contribution in [3.05, 3.63) is 54.6 Å². The Labute approximate surface area is 179 Å². The summed E-state index contributed by atoms with van der Waals surface area (Å²) in [5.41, 5.74) is 3.18. The SMILES string of the molecule is O=C(CNc1ccc(-c2ccccc2)cc1)N(C1CCCCC1)C1CCS(=O)(=O)C1. The molecule has 1 atom stereocenters. The Morgan fingerprint density at radius 1 is 0.867 bits per heavy atom. The number of hydrogen-bond donors (Lipinski definition) is 1. The number of rotatable bonds is 6. The summed E-state index contributed by atoms with van der Waals surface area (Å²) in [5.74, 6) is 0.319. The van der Waals surface area contributed by atoms with Gasteiger partial charge in [-0.05, 0) is 42.5 Å². The molecule has 160 valence electrons. The number of benzene rings is 2. The fraction of sp³-hybridized carbons (Fsp3) is 0.458. The third-order valence-corrected chi connectivity index (χ3v) is 8.04. The van der Waals surface area contributed by atoms with Crippen LogP contribution >= 0.6 is 0 Å². The summed E-state index contributed by atoms with van der Waals surface area (Å²) in [6.07, 6.45) is 5.95. The number of anilines is 1. The van der Waals surface area contributed by atoms with E-state index in [1.807, 2.05) is 47.4 Å². The first-order chi connectivity index (χ1) is 14.5. The maximum Gasteiger partial charge on any atom is 0.242 e. The number of nitrogens with one attached hydrogen (secondary N) is 1. The largest absolute Gasteiger partial charge is 0.376 e. The maximum absolute atomic E-state index is 13.2. The normalized spacial score (nSPS) is 21.3. The highest BCUT2D eigenvalue weighted by atomic mass is 32.2. The summed E-state index contributed by atoms with van der Waals surface area (Å²) in [4.78, 5) is 15.1. The third-order valence-electron chi connectivity index (χ3n) is 6.29. The van der Waals surface area contributed by atoms with Crippen molar-refractivity contribution >= 4 is 21.4 Å². The van der Waals surface area contributed by atoms with Gasteiger partial charge >= 0.3 is 0 Å². The fourth-order valence-electron chi connectivity index (χ4n) is 4.74. The van der Waals surface area contributed by atoms with Crippen molar-refractivity contribution in [1.29, 1.82) is 0 Å². The second kappa shape index (κ2) is 9.21. The van der Waals surface area contributed by atoms with Crippen LogP contribution in [0.1, 0.15) is 38.5 Å². The number of carbonyl (C=O) groups excluding carboxylic acids is 1. The standard InChI is InChI=1S/C24H30N2O3S/c27-24(17-25-21-13-11-20(12-14-21)19-7-3-1-4-8-19)26(22-9-5-2-6-10-22)23-15-16-30(28,29)18-23/h1,3-4,7-8,11-14,22-23,25H,2,5-6,9-10,15-18H2. The molecule has 30 heavy (non-hydrogen) atoms. The van der Waals surface area contributed by atoms with Crippen molar-refractivity contribution in [3.8, 4) is 11.1 Å². The lowest BCUT2D eigenvalue weighted by molar-refractivity contribution is -0.134. The molecule has 5 nitrogen and oxygen atoms in total. The molecule has 1 saturated heterocycles. The van der Waals surface area contributed by atoms with Gasteiger partial charge in [-0.3, -0.25) is 4.79 Å². The minimum Gasteiger partial charge on any atom is -0.376 e. The van der Waals surface area contributed by atoms with Gasteiger partial charge in [-0.1, -0.05) is 61.7 Å². The fourth-order valence-corrected chi connectivity index (χ4v) is 6.45. The summed E-state index contributed by atoms with van der Waals surface area (Å²) in [7, 11) is -3.03. The second-order valence-electron chi connectivity index (χ2n) is 8.45. The van der Waals surface area contributed by atoms with Crippen LogP contribution in [-0.2, 0) is 14.6 Å². The molecule has 2 fully saturated rings. The first kappa shape index (κ1) is 20.9. The smallest absolute Gasteiger partial charge is 0.242 e. The Morgan fingerprint density at radius 3 is 2.17 bits per heavy atom. The Hall–Kier alpha value is -2.34. The van der Waals surface area contributed by atoms with Crippen LogP contribution < -0.4 is 5.32 Å². The Morgan fingerprint density at radius 2 is 1.53 bits per heavy atom. The topological polar surface area (TPSA) is 66.5 Å². The average Bonchev–Trinajstić information content (AvgIpc) is 3.13. The molecule has 0 aromatic heterocycles. The van der Waals surface area contributed by atoms with Crippen molar-refractivity contribution in [2.24, 2.45) is 0 Å². The van der Waals surface area contributed by atoms with Gasteiger partial charge in [0.15, 0.2) is 9.84 Å². The highest BCUT2D eigenvalue weighted by Crippen LogP contribution is 2.28. The van der Waals surface area contributed by atoms with E-state index in [4.69, 9.17) is 0 Å². The molecule has 6 heteroatoms. The predicted octanol–water partition coefficient (Wildman–Crippen LogP) is 4.11. The van der Waals surface area contributed by atoms with Crippen molar-refractivity contribution in [2.45, 2.75) is 50.6 Å². The van der Waals surface area contributed by atoms with Gasteiger partial charge in [-0.2, -0.15) is 0 Å². The lowest BCUT2D eigenvalue weighted by Gasteiger charge is -2.38. The number of sulfone groups is 1. The van der Waals surface area contributed by atoms with E-state index >= 15 is 0 Å². The number of hydrogen-bond acceptors (Lipinski definition) is 4. The molecule has 1 saturated carbocycles. The zero-order chi connectivity index (χ0) is 21.0. The van der Waals surface area contributed by atoms with Crippen LogP contribution in [0.15, 0.2) is 54.6 Å². The van der Waals surface area contributed by atoms with E-state index in [-0.39, 0.29) is 36.0 Å². The van der Waals surface area contributed by atoms with Crippen molar-refractivity contribution in [1.82, 2.24) is 4.90 Å². The molecule has 0 radical (unpaired) electrons. The zero-order valence-electron chi connectivity index (χ0n) is 17.3. The van der Waals surface area contributed by atoms with Gasteiger partial charge < -0.3 is 10.2 Å². The van der Waals surface area contributed by atoms with Crippen LogP contribution in [0.2, 0.25) is 0 Å². The van der Waals surface area contributed by atoms with Gasteiger partial charge in [-0.25, -0.2) is 8.42 Å². The summed E-state index contributed by atoms with van der Waals surface area (Å²) >= 11 is 0. The molecule has 1 amide bonds. The molecule has 2 aliphatic rings. The van der Waals surface area contributed by atoms with Crippen LogP contribution in [0.3, 0.4) is 0 Å². The van der Waals surface area contributed by atoms with Crippen LogP contribution in [0.25, 0.3) is 11.1 Å². The van der Waals surface area contributed by atoms with Gasteiger partial charge in [0.1, 0.15) is 0 Å². The summed E-state index contributed by atoms with van der Waals surface area (Å²) in [5, 5.41) is 3.25. The first-order valence-electron chi connectivity index (χ1n) is 10.9. The van der Waals surface area contributed by atoms with Gasteiger partial charge in [0.05, 0.1) is 18.1 Å². The lowest BCUT2D eigenvalue weighted by atomic mass is 9.93. The quantitative estimate of drug-likeness (QED) is 0.755.